The molecule has 1 unspecified atom stereocenters. The maximum atomic E-state index is 12.9. The number of hydrogen-bond donors (Lipinski definition) is 2. The molecule has 1 aliphatic rings. The molecule has 166 valence electrons. The predicted octanol–water partition coefficient (Wildman–Crippen LogP) is 4.88. The zero-order valence-corrected chi connectivity index (χ0v) is 18.4. The summed E-state index contributed by atoms with van der Waals surface area (Å²) in [6, 6.07) is 9.12. The second-order valence-corrected chi connectivity index (χ2v) is 8.99. The summed E-state index contributed by atoms with van der Waals surface area (Å²) in [5, 5.41) is 5.02. The smallest absolute Gasteiger partial charge is 0.238 e. The van der Waals surface area contributed by atoms with Gasteiger partial charge in [-0.2, -0.15) is 0 Å². The van der Waals surface area contributed by atoms with Gasteiger partial charge >= 0.3 is 0 Å². The highest BCUT2D eigenvalue weighted by Gasteiger charge is 2.19. The number of rotatable bonds is 9. The predicted molar refractivity (Wildman–Crippen MR) is 122 cm³/mol. The van der Waals surface area contributed by atoms with E-state index in [4.69, 9.17) is 4.74 Å². The van der Waals surface area contributed by atoms with Gasteiger partial charge in [0, 0.05) is 11.9 Å². The number of pyridine rings is 1. The number of hydrogen-bond acceptors (Lipinski definition) is 5. The number of halogens is 1. The average Bonchev–Trinajstić information content (AvgIpc) is 2.79. The van der Waals surface area contributed by atoms with Crippen LogP contribution in [0.2, 0.25) is 0 Å². The molecule has 3 rings (SSSR count). The Morgan fingerprint density at radius 2 is 1.90 bits per heavy atom. The molecule has 0 saturated heterocycles. The van der Waals surface area contributed by atoms with Crippen LogP contribution < -0.4 is 15.4 Å². The SMILES string of the molecule is CC(SCC(=O)Nc1ccc(F)cc1)C(=O)Nc1ncccc1OCC1CCCCC1. The molecule has 2 aromatic rings. The van der Waals surface area contributed by atoms with Crippen LogP contribution in [0, 0.1) is 11.7 Å². The molecule has 1 heterocycles. The molecule has 1 aromatic carbocycles. The Hall–Kier alpha value is -2.61. The molecule has 1 saturated carbocycles. The molecule has 2 N–H and O–H groups in total. The number of carbonyl (C=O) groups is 2. The van der Waals surface area contributed by atoms with Crippen LogP contribution in [0.15, 0.2) is 42.6 Å². The number of carbonyl (C=O) groups excluding carboxylic acids is 2. The number of nitrogens with zero attached hydrogens (tertiary/aromatic N) is 1. The normalized spacial score (nSPS) is 15.2. The number of nitrogens with one attached hydrogen (secondary N) is 2. The molecule has 0 bridgehead atoms. The fourth-order valence-corrected chi connectivity index (χ4v) is 4.07. The molecule has 0 radical (unpaired) electrons. The van der Waals surface area contributed by atoms with Crippen molar-refractivity contribution in [1.29, 1.82) is 0 Å². The van der Waals surface area contributed by atoms with E-state index in [1.54, 1.807) is 25.3 Å². The Labute approximate surface area is 186 Å². The highest BCUT2D eigenvalue weighted by molar-refractivity contribution is 8.01. The number of ether oxygens (including phenoxy) is 1. The minimum Gasteiger partial charge on any atom is -0.489 e. The van der Waals surface area contributed by atoms with E-state index in [1.807, 2.05) is 0 Å². The van der Waals surface area contributed by atoms with Crippen molar-refractivity contribution < 1.29 is 18.7 Å². The van der Waals surface area contributed by atoms with Gasteiger partial charge in [-0.1, -0.05) is 19.3 Å². The fraction of sp³-hybridized carbons (Fsp3) is 0.435. The van der Waals surface area contributed by atoms with E-state index in [0.717, 1.165) is 0 Å². The topological polar surface area (TPSA) is 80.3 Å². The molecule has 31 heavy (non-hydrogen) atoms. The highest BCUT2D eigenvalue weighted by Crippen LogP contribution is 2.27. The third-order valence-corrected chi connectivity index (χ3v) is 6.32. The summed E-state index contributed by atoms with van der Waals surface area (Å²) < 4.78 is 18.9. The van der Waals surface area contributed by atoms with Crippen LogP contribution in [-0.2, 0) is 9.59 Å². The van der Waals surface area contributed by atoms with Crippen molar-refractivity contribution in [3.05, 3.63) is 48.4 Å². The molecule has 1 aromatic heterocycles. The summed E-state index contributed by atoms with van der Waals surface area (Å²) in [7, 11) is 0. The molecule has 8 heteroatoms. The second-order valence-electron chi connectivity index (χ2n) is 7.66. The number of benzene rings is 1. The lowest BCUT2D eigenvalue weighted by Crippen LogP contribution is -2.26. The van der Waals surface area contributed by atoms with E-state index in [1.165, 1.54) is 68.1 Å². The van der Waals surface area contributed by atoms with Crippen molar-refractivity contribution in [2.75, 3.05) is 23.0 Å². The van der Waals surface area contributed by atoms with E-state index in [9.17, 15) is 14.0 Å². The molecular weight excluding hydrogens is 417 g/mol. The minimum atomic E-state index is -0.466. The van der Waals surface area contributed by atoms with Crippen LogP contribution in [0.5, 0.6) is 5.75 Å². The van der Waals surface area contributed by atoms with Gasteiger partial charge in [-0.15, -0.1) is 11.8 Å². The average molecular weight is 446 g/mol. The maximum absolute atomic E-state index is 12.9. The maximum Gasteiger partial charge on any atom is 0.238 e. The lowest BCUT2D eigenvalue weighted by Gasteiger charge is -2.22. The van der Waals surface area contributed by atoms with Gasteiger partial charge < -0.3 is 15.4 Å². The number of aromatic nitrogens is 1. The quantitative estimate of drug-likeness (QED) is 0.575. The summed E-state index contributed by atoms with van der Waals surface area (Å²) in [6.45, 7) is 2.36. The molecule has 1 aliphatic carbocycles. The first-order valence-electron chi connectivity index (χ1n) is 10.6. The van der Waals surface area contributed by atoms with Crippen LogP contribution in [-0.4, -0.2) is 34.4 Å². The van der Waals surface area contributed by atoms with E-state index < -0.39 is 5.25 Å². The van der Waals surface area contributed by atoms with Gasteiger partial charge in [-0.3, -0.25) is 9.59 Å². The molecule has 1 fully saturated rings. The molecular formula is C23H28FN3O3S. The van der Waals surface area contributed by atoms with Gasteiger partial charge in [-0.25, -0.2) is 9.37 Å². The first-order chi connectivity index (χ1) is 15.0. The second kappa shape index (κ2) is 11.7. The summed E-state index contributed by atoms with van der Waals surface area (Å²) in [5.74, 6) is 0.727. The van der Waals surface area contributed by atoms with Crippen molar-refractivity contribution in [1.82, 2.24) is 4.98 Å². The Bertz CT molecular complexity index is 873. The minimum absolute atomic E-state index is 0.0964. The summed E-state index contributed by atoms with van der Waals surface area (Å²) in [6.07, 6.45) is 7.74. The van der Waals surface area contributed by atoms with Gasteiger partial charge in [0.2, 0.25) is 11.8 Å². The third-order valence-electron chi connectivity index (χ3n) is 5.17. The van der Waals surface area contributed by atoms with Crippen molar-refractivity contribution in [3.63, 3.8) is 0 Å². The molecule has 2 amide bonds. The van der Waals surface area contributed by atoms with Gasteiger partial charge in [0.15, 0.2) is 11.6 Å². The summed E-state index contributed by atoms with van der Waals surface area (Å²) >= 11 is 1.21. The highest BCUT2D eigenvalue weighted by atomic mass is 32.2. The Morgan fingerprint density at radius 1 is 1.16 bits per heavy atom. The third kappa shape index (κ3) is 7.54. The van der Waals surface area contributed by atoms with Crippen LogP contribution in [0.3, 0.4) is 0 Å². The number of thioether (sulfide) groups is 1. The monoisotopic (exact) mass is 445 g/mol. The van der Waals surface area contributed by atoms with Gasteiger partial charge in [0.05, 0.1) is 17.6 Å². The van der Waals surface area contributed by atoms with Crippen LogP contribution in [0.25, 0.3) is 0 Å². The van der Waals surface area contributed by atoms with Gasteiger partial charge in [0.1, 0.15) is 5.82 Å². The fourth-order valence-electron chi connectivity index (χ4n) is 3.39. The first-order valence-corrected chi connectivity index (χ1v) is 11.6. The zero-order valence-electron chi connectivity index (χ0n) is 17.6. The Kier molecular flexibility index (Phi) is 8.70. The lowest BCUT2D eigenvalue weighted by atomic mass is 9.90. The van der Waals surface area contributed by atoms with E-state index in [2.05, 4.69) is 15.6 Å². The van der Waals surface area contributed by atoms with E-state index in [-0.39, 0.29) is 23.4 Å². The number of amides is 2. The van der Waals surface area contributed by atoms with Crippen molar-refractivity contribution in [2.45, 2.75) is 44.3 Å². The van der Waals surface area contributed by atoms with Crippen LogP contribution in [0.1, 0.15) is 39.0 Å². The summed E-state index contributed by atoms with van der Waals surface area (Å²) in [5.41, 5.74) is 0.511. The van der Waals surface area contributed by atoms with Gasteiger partial charge in [-0.05, 0) is 62.1 Å². The van der Waals surface area contributed by atoms with Crippen molar-refractivity contribution >= 4 is 35.1 Å². The van der Waals surface area contributed by atoms with Crippen molar-refractivity contribution in [3.8, 4) is 5.75 Å². The Balaban J connectivity index is 1.46. The standard InChI is InChI=1S/C23H28FN3O3S/c1-16(31-15-21(28)26-19-11-9-18(24)10-12-19)23(29)27-22-20(8-5-13-25-22)30-14-17-6-3-2-4-7-17/h5,8-13,16-17H,2-4,6-7,14-15H2,1H3,(H,26,28)(H,25,27,29). The van der Waals surface area contributed by atoms with Crippen LogP contribution in [0.4, 0.5) is 15.9 Å². The van der Waals surface area contributed by atoms with Gasteiger partial charge in [0.25, 0.3) is 0 Å². The van der Waals surface area contributed by atoms with Crippen molar-refractivity contribution in [2.24, 2.45) is 5.92 Å². The molecule has 0 spiro atoms. The van der Waals surface area contributed by atoms with E-state index >= 15 is 0 Å². The lowest BCUT2D eigenvalue weighted by molar-refractivity contribution is -0.115. The van der Waals surface area contributed by atoms with E-state index in [0.29, 0.717) is 29.8 Å². The molecule has 1 atom stereocenters. The largest absolute Gasteiger partial charge is 0.489 e. The zero-order chi connectivity index (χ0) is 22.1. The first kappa shape index (κ1) is 23.1. The molecule has 0 aliphatic heterocycles. The Morgan fingerprint density at radius 3 is 2.65 bits per heavy atom. The molecule has 6 nitrogen and oxygen atoms in total. The van der Waals surface area contributed by atoms with Crippen LogP contribution >= 0.6 is 11.8 Å². The summed E-state index contributed by atoms with van der Waals surface area (Å²) in [4.78, 5) is 28.9. The number of anilines is 2.